The van der Waals surface area contributed by atoms with Gasteiger partial charge >= 0.3 is 0 Å². The maximum absolute atomic E-state index is 12.0. The molecule has 1 aromatic rings. The monoisotopic (exact) mass is 283 g/mol. The third-order valence-electron chi connectivity index (χ3n) is 3.69. The van der Waals surface area contributed by atoms with Crippen LogP contribution in [0.15, 0.2) is 11.4 Å². The molecule has 0 saturated carbocycles. The van der Waals surface area contributed by atoms with Crippen LogP contribution in [0.4, 0.5) is 0 Å². The summed E-state index contributed by atoms with van der Waals surface area (Å²) in [6.07, 6.45) is 1.62. The third-order valence-corrected chi connectivity index (χ3v) is 4.62. The average Bonchev–Trinajstić information content (AvgIpc) is 2.90. The molecule has 0 bridgehead atoms. The van der Waals surface area contributed by atoms with Gasteiger partial charge in [-0.25, -0.2) is 0 Å². The number of aliphatic hydroxyl groups is 1. The fourth-order valence-corrected chi connectivity index (χ4v) is 2.64. The standard InChI is InChI=1S/C14H21NO3S/c1-4-14(5-2,9-16)8-15-13(18)12-6-11(7-19-12)10(3)17/h6-7,16H,4-5,8-9H2,1-3H3,(H,15,18). The second-order valence-electron chi connectivity index (χ2n) is 4.80. The van der Waals surface area contributed by atoms with Gasteiger partial charge in [0.2, 0.25) is 0 Å². The van der Waals surface area contributed by atoms with Crippen LogP contribution < -0.4 is 5.32 Å². The molecular formula is C14H21NO3S. The largest absolute Gasteiger partial charge is 0.396 e. The van der Waals surface area contributed by atoms with Crippen molar-refractivity contribution in [3.05, 3.63) is 21.9 Å². The van der Waals surface area contributed by atoms with Gasteiger partial charge in [0.15, 0.2) is 5.78 Å². The maximum atomic E-state index is 12.0. The van der Waals surface area contributed by atoms with Crippen LogP contribution in [0.5, 0.6) is 0 Å². The molecule has 1 aromatic heterocycles. The van der Waals surface area contributed by atoms with Gasteiger partial charge in [0.25, 0.3) is 5.91 Å². The second kappa shape index (κ2) is 6.82. The molecule has 4 nitrogen and oxygen atoms in total. The molecule has 0 spiro atoms. The number of carbonyl (C=O) groups excluding carboxylic acids is 2. The maximum Gasteiger partial charge on any atom is 0.261 e. The summed E-state index contributed by atoms with van der Waals surface area (Å²) in [6.45, 7) is 6.00. The van der Waals surface area contributed by atoms with Gasteiger partial charge in [-0.2, -0.15) is 0 Å². The lowest BCUT2D eigenvalue weighted by Gasteiger charge is -2.29. The molecule has 106 valence electrons. The lowest BCUT2D eigenvalue weighted by atomic mass is 9.83. The Balaban J connectivity index is 2.66. The van der Waals surface area contributed by atoms with Crippen molar-refractivity contribution < 1.29 is 14.7 Å². The lowest BCUT2D eigenvalue weighted by molar-refractivity contribution is 0.0854. The fourth-order valence-electron chi connectivity index (χ4n) is 1.77. The molecule has 2 N–H and O–H groups in total. The van der Waals surface area contributed by atoms with Gasteiger partial charge in [0, 0.05) is 22.9 Å². The van der Waals surface area contributed by atoms with Crippen LogP contribution in [-0.4, -0.2) is 29.9 Å². The zero-order valence-electron chi connectivity index (χ0n) is 11.7. The van der Waals surface area contributed by atoms with Gasteiger partial charge in [-0.15, -0.1) is 11.3 Å². The van der Waals surface area contributed by atoms with E-state index in [0.29, 0.717) is 17.0 Å². The van der Waals surface area contributed by atoms with Crippen LogP contribution in [0.1, 0.15) is 53.6 Å². The van der Waals surface area contributed by atoms with E-state index in [9.17, 15) is 14.7 Å². The first-order chi connectivity index (χ1) is 8.98. The highest BCUT2D eigenvalue weighted by Crippen LogP contribution is 2.24. The molecule has 1 heterocycles. The summed E-state index contributed by atoms with van der Waals surface area (Å²) in [5.41, 5.74) is 0.311. The van der Waals surface area contributed by atoms with Crippen molar-refractivity contribution in [1.82, 2.24) is 5.32 Å². The van der Waals surface area contributed by atoms with Crippen LogP contribution in [0, 0.1) is 5.41 Å². The Labute approximate surface area is 117 Å². The van der Waals surface area contributed by atoms with E-state index in [4.69, 9.17) is 0 Å². The van der Waals surface area contributed by atoms with Crippen molar-refractivity contribution in [2.75, 3.05) is 13.2 Å². The van der Waals surface area contributed by atoms with Crippen molar-refractivity contribution in [1.29, 1.82) is 0 Å². The van der Waals surface area contributed by atoms with Crippen molar-refractivity contribution in [2.24, 2.45) is 5.41 Å². The molecule has 19 heavy (non-hydrogen) atoms. The van der Waals surface area contributed by atoms with Crippen LogP contribution in [0.25, 0.3) is 0 Å². The quantitative estimate of drug-likeness (QED) is 0.755. The highest BCUT2D eigenvalue weighted by Gasteiger charge is 2.26. The zero-order valence-corrected chi connectivity index (χ0v) is 12.5. The van der Waals surface area contributed by atoms with Gasteiger partial charge in [0.1, 0.15) is 0 Å². The molecule has 0 aliphatic heterocycles. The topological polar surface area (TPSA) is 66.4 Å². The van der Waals surface area contributed by atoms with Crippen LogP contribution in [-0.2, 0) is 0 Å². The van der Waals surface area contributed by atoms with Crippen molar-refractivity contribution in [2.45, 2.75) is 33.6 Å². The van der Waals surface area contributed by atoms with E-state index < -0.39 is 0 Å². The molecule has 5 heteroatoms. The number of amides is 1. The first-order valence-corrected chi connectivity index (χ1v) is 7.34. The third kappa shape index (κ3) is 3.88. The Bertz CT molecular complexity index is 441. The summed E-state index contributed by atoms with van der Waals surface area (Å²) in [4.78, 5) is 23.7. The summed E-state index contributed by atoms with van der Waals surface area (Å²) in [7, 11) is 0. The number of ketones is 1. The van der Waals surface area contributed by atoms with Crippen LogP contribution in [0.3, 0.4) is 0 Å². The van der Waals surface area contributed by atoms with Gasteiger partial charge in [-0.05, 0) is 25.8 Å². The van der Waals surface area contributed by atoms with E-state index >= 15 is 0 Å². The molecule has 0 radical (unpaired) electrons. The number of Topliss-reactive ketones (excluding diaryl/α,β-unsaturated/α-hetero) is 1. The first-order valence-electron chi connectivity index (χ1n) is 6.46. The van der Waals surface area contributed by atoms with Crippen LogP contribution >= 0.6 is 11.3 Å². The molecule has 0 aliphatic carbocycles. The first kappa shape index (κ1) is 15.9. The number of carbonyl (C=O) groups is 2. The fraction of sp³-hybridized carbons (Fsp3) is 0.571. The summed E-state index contributed by atoms with van der Waals surface area (Å²) >= 11 is 1.26. The van der Waals surface area contributed by atoms with Crippen molar-refractivity contribution in [3.63, 3.8) is 0 Å². The molecule has 0 aromatic carbocycles. The van der Waals surface area contributed by atoms with Gasteiger partial charge in [-0.3, -0.25) is 9.59 Å². The highest BCUT2D eigenvalue weighted by atomic mass is 32.1. The molecular weight excluding hydrogens is 262 g/mol. The highest BCUT2D eigenvalue weighted by molar-refractivity contribution is 7.12. The Hall–Kier alpha value is -1.20. The predicted octanol–water partition coefficient (Wildman–Crippen LogP) is 2.48. The number of thiophene rings is 1. The summed E-state index contributed by atoms with van der Waals surface area (Å²) in [5.74, 6) is -0.223. The number of hydrogen-bond donors (Lipinski definition) is 2. The molecule has 0 aliphatic rings. The number of aliphatic hydroxyl groups excluding tert-OH is 1. The number of nitrogens with one attached hydrogen (secondary N) is 1. The van der Waals surface area contributed by atoms with Gasteiger partial charge < -0.3 is 10.4 Å². The van der Waals surface area contributed by atoms with Crippen LogP contribution in [0.2, 0.25) is 0 Å². The SMILES string of the molecule is CCC(CC)(CO)CNC(=O)c1cc(C(C)=O)cs1. The molecule has 1 amide bonds. The summed E-state index contributed by atoms with van der Waals surface area (Å²) in [6, 6.07) is 1.61. The molecule has 0 saturated heterocycles. The minimum atomic E-state index is -0.254. The molecule has 0 unspecified atom stereocenters. The minimum absolute atomic E-state index is 0.0397. The Kier molecular flexibility index (Phi) is 5.69. The Morgan fingerprint density at radius 3 is 2.42 bits per heavy atom. The number of rotatable bonds is 7. The van der Waals surface area contributed by atoms with E-state index in [-0.39, 0.29) is 23.7 Å². The lowest BCUT2D eigenvalue weighted by Crippen LogP contribution is -2.39. The zero-order chi connectivity index (χ0) is 14.5. The average molecular weight is 283 g/mol. The molecule has 0 atom stereocenters. The second-order valence-corrected chi connectivity index (χ2v) is 5.71. The number of hydrogen-bond acceptors (Lipinski definition) is 4. The van der Waals surface area contributed by atoms with Crippen molar-refractivity contribution >= 4 is 23.0 Å². The smallest absolute Gasteiger partial charge is 0.261 e. The van der Waals surface area contributed by atoms with E-state index in [2.05, 4.69) is 5.32 Å². The summed E-state index contributed by atoms with van der Waals surface area (Å²) < 4.78 is 0. The van der Waals surface area contributed by atoms with E-state index in [1.54, 1.807) is 11.4 Å². The van der Waals surface area contributed by atoms with Gasteiger partial charge in [0.05, 0.1) is 11.5 Å². The predicted molar refractivity (Wildman–Crippen MR) is 76.8 cm³/mol. The van der Waals surface area contributed by atoms with Crippen molar-refractivity contribution in [3.8, 4) is 0 Å². The van der Waals surface area contributed by atoms with E-state index in [1.165, 1.54) is 18.3 Å². The molecule has 0 fully saturated rings. The van der Waals surface area contributed by atoms with Gasteiger partial charge in [-0.1, -0.05) is 13.8 Å². The normalized spacial score (nSPS) is 11.4. The molecule has 1 rings (SSSR count). The summed E-state index contributed by atoms with van der Waals surface area (Å²) in [5, 5.41) is 14.0. The van der Waals surface area contributed by atoms with E-state index in [0.717, 1.165) is 12.8 Å². The van der Waals surface area contributed by atoms with E-state index in [1.807, 2.05) is 13.8 Å². The minimum Gasteiger partial charge on any atom is -0.396 e. The Morgan fingerprint density at radius 2 is 2.00 bits per heavy atom. The Morgan fingerprint density at radius 1 is 1.37 bits per heavy atom.